The lowest BCUT2D eigenvalue weighted by atomic mass is 10.2. The predicted molar refractivity (Wildman–Crippen MR) is 94.7 cm³/mol. The van der Waals surface area contributed by atoms with Crippen LogP contribution in [-0.2, 0) is 11.3 Å². The van der Waals surface area contributed by atoms with E-state index in [-0.39, 0.29) is 5.91 Å². The number of anilines is 1. The van der Waals surface area contributed by atoms with Crippen LogP contribution in [0.2, 0.25) is 0 Å². The Labute approximate surface area is 140 Å². The monoisotopic (exact) mass is 324 g/mol. The van der Waals surface area contributed by atoms with Gasteiger partial charge >= 0.3 is 0 Å². The number of carbonyl (C=O) groups excluding carboxylic acids is 1. The summed E-state index contributed by atoms with van der Waals surface area (Å²) < 4.78 is 12.5. The molecule has 2 aromatic carbocycles. The van der Waals surface area contributed by atoms with Crippen LogP contribution in [0.15, 0.2) is 54.7 Å². The second-order valence-corrected chi connectivity index (χ2v) is 5.43. The molecule has 0 bridgehead atoms. The molecule has 124 valence electrons. The Bertz CT molecular complexity index is 855. The van der Waals surface area contributed by atoms with Gasteiger partial charge in [0, 0.05) is 30.7 Å². The molecule has 5 heteroatoms. The van der Waals surface area contributed by atoms with E-state index < -0.39 is 0 Å². The van der Waals surface area contributed by atoms with Gasteiger partial charge in [0.15, 0.2) is 0 Å². The van der Waals surface area contributed by atoms with Crippen molar-refractivity contribution in [2.24, 2.45) is 0 Å². The van der Waals surface area contributed by atoms with Gasteiger partial charge in [-0.1, -0.05) is 18.2 Å². The largest absolute Gasteiger partial charge is 0.497 e. The number of aryl methyl sites for hydroxylation is 1. The molecular weight excluding hydrogens is 304 g/mol. The van der Waals surface area contributed by atoms with Gasteiger partial charge < -0.3 is 19.4 Å². The third-order valence-electron chi connectivity index (χ3n) is 3.94. The Morgan fingerprint density at radius 2 is 1.92 bits per heavy atom. The van der Waals surface area contributed by atoms with Crippen LogP contribution in [0.1, 0.15) is 6.42 Å². The maximum absolute atomic E-state index is 12.3. The van der Waals surface area contributed by atoms with Crippen LogP contribution in [0, 0.1) is 0 Å². The number of amides is 1. The smallest absolute Gasteiger partial charge is 0.226 e. The van der Waals surface area contributed by atoms with E-state index in [2.05, 4.69) is 28.1 Å². The Balaban J connectivity index is 1.66. The molecule has 0 saturated heterocycles. The number of para-hydroxylation sites is 1. The molecule has 3 aromatic rings. The maximum atomic E-state index is 12.3. The van der Waals surface area contributed by atoms with Crippen LogP contribution < -0.4 is 14.8 Å². The molecule has 0 unspecified atom stereocenters. The van der Waals surface area contributed by atoms with E-state index in [0.29, 0.717) is 30.2 Å². The zero-order valence-corrected chi connectivity index (χ0v) is 13.8. The molecular formula is C19H20N2O3. The van der Waals surface area contributed by atoms with Crippen LogP contribution in [-0.4, -0.2) is 24.7 Å². The number of methoxy groups -OCH3 is 2. The molecule has 24 heavy (non-hydrogen) atoms. The van der Waals surface area contributed by atoms with Gasteiger partial charge in [-0.15, -0.1) is 0 Å². The fourth-order valence-electron chi connectivity index (χ4n) is 2.67. The quantitative estimate of drug-likeness (QED) is 0.752. The lowest BCUT2D eigenvalue weighted by molar-refractivity contribution is -0.116. The summed E-state index contributed by atoms with van der Waals surface area (Å²) in [5, 5.41) is 4.07. The van der Waals surface area contributed by atoms with Gasteiger partial charge in [0.2, 0.25) is 5.91 Å². The average Bonchev–Trinajstić information content (AvgIpc) is 3.03. The number of nitrogens with zero attached hydrogens (tertiary/aromatic N) is 1. The summed E-state index contributed by atoms with van der Waals surface area (Å²) in [4.78, 5) is 12.3. The van der Waals surface area contributed by atoms with E-state index in [1.807, 2.05) is 18.3 Å². The fraction of sp³-hybridized carbons (Fsp3) is 0.211. The highest BCUT2D eigenvalue weighted by atomic mass is 16.5. The second kappa shape index (κ2) is 7.08. The van der Waals surface area contributed by atoms with E-state index in [1.54, 1.807) is 32.4 Å². The first-order chi connectivity index (χ1) is 11.7. The van der Waals surface area contributed by atoms with Crippen LogP contribution in [0.4, 0.5) is 5.69 Å². The van der Waals surface area contributed by atoms with Crippen molar-refractivity contribution in [1.29, 1.82) is 0 Å². The molecule has 0 atom stereocenters. The molecule has 0 aliphatic carbocycles. The van der Waals surface area contributed by atoms with Crippen molar-refractivity contribution in [1.82, 2.24) is 4.57 Å². The Hall–Kier alpha value is -2.95. The average molecular weight is 324 g/mol. The van der Waals surface area contributed by atoms with E-state index in [0.717, 1.165) is 5.52 Å². The summed E-state index contributed by atoms with van der Waals surface area (Å²) in [5.74, 6) is 1.20. The molecule has 1 N–H and O–H groups in total. The highest BCUT2D eigenvalue weighted by Gasteiger charge is 2.09. The zero-order chi connectivity index (χ0) is 16.9. The highest BCUT2D eigenvalue weighted by Crippen LogP contribution is 2.29. The van der Waals surface area contributed by atoms with Crippen LogP contribution >= 0.6 is 0 Å². The normalized spacial score (nSPS) is 10.6. The third-order valence-corrected chi connectivity index (χ3v) is 3.94. The molecule has 1 heterocycles. The first-order valence-corrected chi connectivity index (χ1v) is 7.77. The van der Waals surface area contributed by atoms with Crippen LogP contribution in [0.3, 0.4) is 0 Å². The molecule has 0 saturated carbocycles. The van der Waals surface area contributed by atoms with E-state index in [1.165, 1.54) is 5.39 Å². The summed E-state index contributed by atoms with van der Waals surface area (Å²) in [6, 6.07) is 15.5. The van der Waals surface area contributed by atoms with Crippen molar-refractivity contribution in [3.8, 4) is 11.5 Å². The summed E-state index contributed by atoms with van der Waals surface area (Å²) in [5.41, 5.74) is 1.77. The predicted octanol–water partition coefficient (Wildman–Crippen LogP) is 3.69. The van der Waals surface area contributed by atoms with Crippen molar-refractivity contribution in [2.75, 3.05) is 19.5 Å². The lowest BCUT2D eigenvalue weighted by Gasteiger charge is -2.12. The van der Waals surface area contributed by atoms with E-state index in [9.17, 15) is 4.79 Å². The van der Waals surface area contributed by atoms with Crippen molar-refractivity contribution >= 4 is 22.5 Å². The zero-order valence-electron chi connectivity index (χ0n) is 13.8. The van der Waals surface area contributed by atoms with Crippen molar-refractivity contribution < 1.29 is 14.3 Å². The summed E-state index contributed by atoms with van der Waals surface area (Å²) in [7, 11) is 3.16. The summed E-state index contributed by atoms with van der Waals surface area (Å²) in [6.07, 6.45) is 2.39. The molecule has 0 aliphatic heterocycles. The lowest BCUT2D eigenvalue weighted by Crippen LogP contribution is -2.14. The van der Waals surface area contributed by atoms with Gasteiger partial charge in [-0.05, 0) is 29.7 Å². The molecule has 1 amide bonds. The molecule has 0 aliphatic rings. The Kier molecular flexibility index (Phi) is 4.70. The van der Waals surface area contributed by atoms with Crippen molar-refractivity contribution in [3.05, 3.63) is 54.7 Å². The minimum Gasteiger partial charge on any atom is -0.497 e. The number of hydrogen-bond donors (Lipinski definition) is 1. The molecule has 0 fully saturated rings. The number of rotatable bonds is 6. The van der Waals surface area contributed by atoms with E-state index >= 15 is 0 Å². The third kappa shape index (κ3) is 3.35. The first kappa shape index (κ1) is 15.9. The molecule has 3 rings (SSSR count). The van der Waals surface area contributed by atoms with Crippen molar-refractivity contribution in [3.63, 3.8) is 0 Å². The number of carbonyl (C=O) groups is 1. The van der Waals surface area contributed by atoms with Crippen molar-refractivity contribution in [2.45, 2.75) is 13.0 Å². The van der Waals surface area contributed by atoms with Crippen LogP contribution in [0.25, 0.3) is 10.9 Å². The molecule has 0 spiro atoms. The standard InChI is InChI=1S/C19H20N2O3/c1-23-15-7-8-16(18(13-15)24-2)20-19(22)10-12-21-11-9-14-5-3-4-6-17(14)21/h3-9,11,13H,10,12H2,1-2H3,(H,20,22). The highest BCUT2D eigenvalue weighted by molar-refractivity contribution is 5.92. The van der Waals surface area contributed by atoms with Gasteiger partial charge in [-0.2, -0.15) is 0 Å². The number of aromatic nitrogens is 1. The topological polar surface area (TPSA) is 52.5 Å². The number of ether oxygens (including phenoxy) is 2. The van der Waals surface area contributed by atoms with E-state index in [4.69, 9.17) is 9.47 Å². The summed E-state index contributed by atoms with van der Waals surface area (Å²) in [6.45, 7) is 0.623. The summed E-state index contributed by atoms with van der Waals surface area (Å²) >= 11 is 0. The Morgan fingerprint density at radius 1 is 1.08 bits per heavy atom. The molecule has 1 aromatic heterocycles. The SMILES string of the molecule is COc1ccc(NC(=O)CCn2ccc3ccccc32)c(OC)c1. The molecule has 0 radical (unpaired) electrons. The Morgan fingerprint density at radius 3 is 2.71 bits per heavy atom. The van der Waals surface area contributed by atoms with Gasteiger partial charge in [-0.25, -0.2) is 0 Å². The number of nitrogens with one attached hydrogen (secondary N) is 1. The first-order valence-electron chi connectivity index (χ1n) is 7.77. The number of hydrogen-bond acceptors (Lipinski definition) is 3. The van der Waals surface area contributed by atoms with Gasteiger partial charge in [0.1, 0.15) is 11.5 Å². The van der Waals surface area contributed by atoms with Gasteiger partial charge in [-0.3, -0.25) is 4.79 Å². The van der Waals surface area contributed by atoms with Gasteiger partial charge in [0.25, 0.3) is 0 Å². The number of benzene rings is 2. The minimum absolute atomic E-state index is 0.0590. The van der Waals surface area contributed by atoms with Gasteiger partial charge in [0.05, 0.1) is 19.9 Å². The molecule has 5 nitrogen and oxygen atoms in total. The fourth-order valence-corrected chi connectivity index (χ4v) is 2.67. The minimum atomic E-state index is -0.0590. The van der Waals surface area contributed by atoms with Crippen LogP contribution in [0.5, 0.6) is 11.5 Å². The second-order valence-electron chi connectivity index (χ2n) is 5.43. The number of fused-ring (bicyclic) bond motifs is 1. The maximum Gasteiger partial charge on any atom is 0.226 e.